The van der Waals surface area contributed by atoms with Gasteiger partial charge in [-0.05, 0) is 57.0 Å². The summed E-state index contributed by atoms with van der Waals surface area (Å²) in [7, 11) is 0. The van der Waals surface area contributed by atoms with E-state index in [2.05, 4.69) is 69.4 Å². The van der Waals surface area contributed by atoms with Gasteiger partial charge in [-0.2, -0.15) is 0 Å². The molecule has 1 aromatic heterocycles. The van der Waals surface area contributed by atoms with Crippen LogP contribution in [0.5, 0.6) is 0 Å². The van der Waals surface area contributed by atoms with Crippen molar-refractivity contribution in [3.8, 4) is 0 Å². The van der Waals surface area contributed by atoms with Crippen molar-refractivity contribution in [1.82, 2.24) is 15.2 Å². The number of aromatic nitrogens is 1. The molecule has 2 aromatic rings. The first-order valence-corrected chi connectivity index (χ1v) is 8.65. The Kier molecular flexibility index (Phi) is 4.67. The molecule has 1 aliphatic rings. The second-order valence-corrected chi connectivity index (χ2v) is 7.24. The van der Waals surface area contributed by atoms with Crippen LogP contribution in [0.15, 0.2) is 28.9 Å². The summed E-state index contributed by atoms with van der Waals surface area (Å²) >= 11 is 3.58. The lowest BCUT2D eigenvalue weighted by Gasteiger charge is -2.29. The fraction of sp³-hybridized carbons (Fsp3) is 0.529. The molecule has 0 bridgehead atoms. The molecular formula is C17H24BrN3. The molecule has 0 amide bonds. The quantitative estimate of drug-likeness (QED) is 0.857. The normalized spacial score (nSPS) is 19.2. The number of nitrogens with zero attached hydrogens (tertiary/aromatic N) is 1. The highest BCUT2D eigenvalue weighted by Crippen LogP contribution is 2.24. The summed E-state index contributed by atoms with van der Waals surface area (Å²) in [6.45, 7) is 7.90. The van der Waals surface area contributed by atoms with Gasteiger partial charge in [0.1, 0.15) is 0 Å². The third kappa shape index (κ3) is 3.50. The molecule has 1 saturated heterocycles. The van der Waals surface area contributed by atoms with E-state index < -0.39 is 0 Å². The van der Waals surface area contributed by atoms with Crippen molar-refractivity contribution in [3.05, 3.63) is 34.4 Å². The minimum Gasteiger partial charge on any atom is -0.361 e. The average molecular weight is 350 g/mol. The number of aromatic amines is 1. The molecule has 1 unspecified atom stereocenters. The van der Waals surface area contributed by atoms with E-state index in [-0.39, 0.29) is 0 Å². The standard InChI is InChI=1S/C17H24BrN3/c1-12(2)21(11-15-4-3-7-19-15)10-13-9-20-17-6-5-14(18)8-16(13)17/h5-6,8-9,12,15,19-20H,3-4,7,10-11H2,1-2H3. The van der Waals surface area contributed by atoms with Gasteiger partial charge >= 0.3 is 0 Å². The minimum atomic E-state index is 0.560. The zero-order valence-corrected chi connectivity index (χ0v) is 14.4. The molecule has 3 nitrogen and oxygen atoms in total. The van der Waals surface area contributed by atoms with Gasteiger partial charge in [-0.15, -0.1) is 0 Å². The SMILES string of the molecule is CC(C)N(Cc1c[nH]c2ccc(Br)cc12)CC1CCCN1. The Bertz CT molecular complexity index is 599. The lowest BCUT2D eigenvalue weighted by molar-refractivity contribution is 0.195. The molecule has 21 heavy (non-hydrogen) atoms. The van der Waals surface area contributed by atoms with Gasteiger partial charge in [0.05, 0.1) is 0 Å². The number of rotatable bonds is 5. The largest absolute Gasteiger partial charge is 0.361 e. The van der Waals surface area contributed by atoms with Gasteiger partial charge in [0.25, 0.3) is 0 Å². The van der Waals surface area contributed by atoms with Gasteiger partial charge in [0, 0.05) is 46.7 Å². The summed E-state index contributed by atoms with van der Waals surface area (Å²) in [6.07, 6.45) is 4.79. The molecule has 1 fully saturated rings. The Labute approximate surface area is 135 Å². The average Bonchev–Trinajstić information content (AvgIpc) is 3.08. The highest BCUT2D eigenvalue weighted by Gasteiger charge is 2.20. The van der Waals surface area contributed by atoms with Crippen molar-refractivity contribution in [1.29, 1.82) is 0 Å². The van der Waals surface area contributed by atoms with E-state index in [1.165, 1.54) is 35.9 Å². The Morgan fingerprint density at radius 3 is 2.95 bits per heavy atom. The van der Waals surface area contributed by atoms with Crippen LogP contribution in [-0.2, 0) is 6.54 Å². The molecule has 1 aromatic carbocycles. The number of halogens is 1. The number of hydrogen-bond donors (Lipinski definition) is 2. The van der Waals surface area contributed by atoms with Crippen LogP contribution in [0.4, 0.5) is 0 Å². The van der Waals surface area contributed by atoms with E-state index in [0.717, 1.165) is 17.6 Å². The molecule has 0 saturated carbocycles. The maximum absolute atomic E-state index is 3.61. The molecule has 0 spiro atoms. The zero-order chi connectivity index (χ0) is 14.8. The van der Waals surface area contributed by atoms with Gasteiger partial charge in [-0.1, -0.05) is 15.9 Å². The van der Waals surface area contributed by atoms with E-state index in [9.17, 15) is 0 Å². The maximum Gasteiger partial charge on any atom is 0.0458 e. The van der Waals surface area contributed by atoms with Gasteiger partial charge < -0.3 is 10.3 Å². The molecule has 0 radical (unpaired) electrons. The maximum atomic E-state index is 3.61. The first kappa shape index (κ1) is 15.1. The number of benzene rings is 1. The van der Waals surface area contributed by atoms with Crippen molar-refractivity contribution in [2.45, 2.75) is 45.3 Å². The molecule has 3 rings (SSSR count). The Balaban J connectivity index is 1.78. The smallest absolute Gasteiger partial charge is 0.0458 e. The molecular weight excluding hydrogens is 326 g/mol. The van der Waals surface area contributed by atoms with Crippen LogP contribution < -0.4 is 5.32 Å². The highest BCUT2D eigenvalue weighted by atomic mass is 79.9. The van der Waals surface area contributed by atoms with Gasteiger partial charge in [0.2, 0.25) is 0 Å². The molecule has 1 atom stereocenters. The fourth-order valence-electron chi connectivity index (χ4n) is 3.15. The Morgan fingerprint density at radius 2 is 2.24 bits per heavy atom. The third-order valence-electron chi connectivity index (χ3n) is 4.45. The first-order chi connectivity index (χ1) is 10.1. The summed E-state index contributed by atoms with van der Waals surface area (Å²) in [4.78, 5) is 5.97. The molecule has 0 aliphatic carbocycles. The summed E-state index contributed by atoms with van der Waals surface area (Å²) in [5.74, 6) is 0. The Hall–Kier alpha value is -0.840. The number of fused-ring (bicyclic) bond motifs is 1. The van der Waals surface area contributed by atoms with Crippen molar-refractivity contribution in [2.24, 2.45) is 0 Å². The second-order valence-electron chi connectivity index (χ2n) is 6.32. The van der Waals surface area contributed by atoms with E-state index in [1.54, 1.807) is 0 Å². The monoisotopic (exact) mass is 349 g/mol. The van der Waals surface area contributed by atoms with E-state index in [1.807, 2.05) is 0 Å². The summed E-state index contributed by atoms with van der Waals surface area (Å²) in [6, 6.07) is 7.66. The predicted octanol–water partition coefficient (Wildman–Crippen LogP) is 3.89. The van der Waals surface area contributed by atoms with Crippen LogP contribution in [0.3, 0.4) is 0 Å². The molecule has 2 N–H and O–H groups in total. The van der Waals surface area contributed by atoms with Crippen molar-refractivity contribution < 1.29 is 0 Å². The number of H-pyrrole nitrogens is 1. The molecule has 2 heterocycles. The van der Waals surface area contributed by atoms with Crippen LogP contribution in [0.25, 0.3) is 10.9 Å². The van der Waals surface area contributed by atoms with Crippen LogP contribution in [0.1, 0.15) is 32.3 Å². The zero-order valence-electron chi connectivity index (χ0n) is 12.8. The van der Waals surface area contributed by atoms with Crippen molar-refractivity contribution in [2.75, 3.05) is 13.1 Å². The van der Waals surface area contributed by atoms with Crippen LogP contribution in [-0.4, -0.2) is 35.1 Å². The summed E-state index contributed by atoms with van der Waals surface area (Å²) in [5.41, 5.74) is 2.61. The lowest BCUT2D eigenvalue weighted by atomic mass is 10.1. The highest BCUT2D eigenvalue weighted by molar-refractivity contribution is 9.10. The van der Waals surface area contributed by atoms with Crippen LogP contribution >= 0.6 is 15.9 Å². The van der Waals surface area contributed by atoms with Crippen molar-refractivity contribution >= 4 is 26.8 Å². The number of nitrogens with one attached hydrogen (secondary N) is 2. The number of hydrogen-bond acceptors (Lipinski definition) is 2. The lowest BCUT2D eigenvalue weighted by Crippen LogP contribution is -2.40. The van der Waals surface area contributed by atoms with Crippen LogP contribution in [0.2, 0.25) is 0 Å². The fourth-order valence-corrected chi connectivity index (χ4v) is 3.51. The molecule has 1 aliphatic heterocycles. The molecule has 4 heteroatoms. The van der Waals surface area contributed by atoms with Gasteiger partial charge in [0.15, 0.2) is 0 Å². The first-order valence-electron chi connectivity index (χ1n) is 7.86. The Morgan fingerprint density at radius 1 is 1.38 bits per heavy atom. The third-order valence-corrected chi connectivity index (χ3v) is 4.94. The topological polar surface area (TPSA) is 31.1 Å². The summed E-state index contributed by atoms with van der Waals surface area (Å²) < 4.78 is 1.14. The van der Waals surface area contributed by atoms with E-state index >= 15 is 0 Å². The molecule has 114 valence electrons. The van der Waals surface area contributed by atoms with Crippen molar-refractivity contribution in [3.63, 3.8) is 0 Å². The minimum absolute atomic E-state index is 0.560. The van der Waals surface area contributed by atoms with E-state index in [4.69, 9.17) is 0 Å². The van der Waals surface area contributed by atoms with Crippen LogP contribution in [0, 0.1) is 0 Å². The predicted molar refractivity (Wildman–Crippen MR) is 92.6 cm³/mol. The summed E-state index contributed by atoms with van der Waals surface area (Å²) in [5, 5.41) is 4.94. The van der Waals surface area contributed by atoms with E-state index in [0.29, 0.717) is 12.1 Å². The second kappa shape index (κ2) is 6.51. The van der Waals surface area contributed by atoms with Gasteiger partial charge in [-0.3, -0.25) is 4.90 Å². The van der Waals surface area contributed by atoms with Gasteiger partial charge in [-0.25, -0.2) is 0 Å².